The maximum Gasteiger partial charge on any atom is 0.245 e. The number of rotatable bonds is 6. The fourth-order valence-corrected chi connectivity index (χ4v) is 5.80. The quantitative estimate of drug-likeness (QED) is 0.702. The molecule has 0 spiro atoms. The zero-order chi connectivity index (χ0) is 20.5. The molecule has 2 aromatic rings. The summed E-state index contributed by atoms with van der Waals surface area (Å²) in [6.45, 7) is 2.42. The summed E-state index contributed by atoms with van der Waals surface area (Å²) in [6.07, 6.45) is 2.08. The number of hydrogen-bond donors (Lipinski definition) is 2. The number of aromatic nitrogens is 1. The van der Waals surface area contributed by atoms with E-state index >= 15 is 0 Å². The van der Waals surface area contributed by atoms with E-state index in [1.165, 1.54) is 21.7 Å². The predicted molar refractivity (Wildman–Crippen MR) is 107 cm³/mol. The van der Waals surface area contributed by atoms with Crippen molar-refractivity contribution in [3.63, 3.8) is 0 Å². The van der Waals surface area contributed by atoms with Gasteiger partial charge in [0.15, 0.2) is 5.13 Å². The zero-order valence-electron chi connectivity index (χ0n) is 15.3. The van der Waals surface area contributed by atoms with Gasteiger partial charge in [-0.25, -0.2) is 26.2 Å². The van der Waals surface area contributed by atoms with Crippen molar-refractivity contribution in [1.82, 2.24) is 9.29 Å². The lowest BCUT2D eigenvalue weighted by Crippen LogP contribution is -2.42. The fraction of sp³-hybridized carbons (Fsp3) is 0.438. The largest absolute Gasteiger partial charge is 0.359 e. The average molecular weight is 449 g/mol. The summed E-state index contributed by atoms with van der Waals surface area (Å²) in [5.74, 6) is -0.993. The van der Waals surface area contributed by atoms with Crippen LogP contribution in [0.4, 0.5) is 15.2 Å². The van der Waals surface area contributed by atoms with Gasteiger partial charge in [-0.05, 0) is 38.0 Å². The molecule has 1 aliphatic heterocycles. The first-order valence-corrected chi connectivity index (χ1v) is 12.7. The molecule has 0 bridgehead atoms. The van der Waals surface area contributed by atoms with E-state index in [-0.39, 0.29) is 24.8 Å². The van der Waals surface area contributed by atoms with Crippen LogP contribution in [0.2, 0.25) is 0 Å². The zero-order valence-corrected chi connectivity index (χ0v) is 17.8. The molecule has 1 aromatic carbocycles. The topological polar surface area (TPSA) is 108 Å². The lowest BCUT2D eigenvalue weighted by molar-refractivity contribution is 0.328. The van der Waals surface area contributed by atoms with Crippen molar-refractivity contribution in [2.45, 2.75) is 30.7 Å². The van der Waals surface area contributed by atoms with Crippen LogP contribution in [0.25, 0.3) is 0 Å². The molecule has 3 rings (SSSR count). The third-order valence-corrected chi connectivity index (χ3v) is 7.68. The van der Waals surface area contributed by atoms with Crippen LogP contribution in [0, 0.1) is 12.7 Å². The van der Waals surface area contributed by atoms with Gasteiger partial charge in [0.1, 0.15) is 10.7 Å². The molecule has 1 fully saturated rings. The van der Waals surface area contributed by atoms with Gasteiger partial charge >= 0.3 is 0 Å². The summed E-state index contributed by atoms with van der Waals surface area (Å²) in [6, 6.07) is 3.28. The summed E-state index contributed by atoms with van der Waals surface area (Å²) < 4.78 is 65.8. The minimum Gasteiger partial charge on any atom is -0.359 e. The maximum atomic E-state index is 14.4. The fourth-order valence-electron chi connectivity index (χ4n) is 2.96. The smallest absolute Gasteiger partial charge is 0.245 e. The first-order valence-electron chi connectivity index (χ1n) is 8.51. The molecule has 28 heavy (non-hydrogen) atoms. The number of aryl methyl sites for hydroxylation is 1. The number of halogens is 1. The molecular weight excluding hydrogens is 427 g/mol. The van der Waals surface area contributed by atoms with Crippen LogP contribution in [0.1, 0.15) is 18.5 Å². The van der Waals surface area contributed by atoms with Crippen molar-refractivity contribution in [2.75, 3.05) is 29.4 Å². The molecule has 12 heteroatoms. The number of hydrogen-bond acceptors (Lipinski definition) is 7. The van der Waals surface area contributed by atoms with Crippen LogP contribution < -0.4 is 10.0 Å². The lowest BCUT2D eigenvalue weighted by Gasteiger charge is -2.31. The van der Waals surface area contributed by atoms with Gasteiger partial charge in [-0.3, -0.25) is 4.72 Å². The molecule has 154 valence electrons. The van der Waals surface area contributed by atoms with Crippen LogP contribution in [-0.2, 0) is 20.0 Å². The minimum atomic E-state index is -4.01. The summed E-state index contributed by atoms with van der Waals surface area (Å²) in [7, 11) is -7.59. The van der Waals surface area contributed by atoms with Gasteiger partial charge in [0.2, 0.25) is 20.0 Å². The molecule has 0 aliphatic carbocycles. The molecule has 1 saturated heterocycles. The summed E-state index contributed by atoms with van der Waals surface area (Å²) in [5.41, 5.74) is 0.900. The Labute approximate surface area is 167 Å². The lowest BCUT2D eigenvalue weighted by atomic mass is 10.1. The predicted octanol–water partition coefficient (Wildman–Crippen LogP) is 2.23. The van der Waals surface area contributed by atoms with Gasteiger partial charge in [0.25, 0.3) is 0 Å². The molecule has 0 radical (unpaired) electrons. The number of thiazole rings is 1. The standard InChI is InChI=1S/C16H21FN4O4S3/c1-11-10-26-16(18-11)19-12-5-7-21(8-6-12)28(24,25)15-4-3-13(9-14(15)17)20-27(2,22)23/h3-4,9-10,12,20H,5-8H2,1-2H3,(H,18,19). The molecule has 1 aliphatic rings. The highest BCUT2D eigenvalue weighted by Gasteiger charge is 2.31. The Morgan fingerprint density at radius 3 is 2.43 bits per heavy atom. The van der Waals surface area contributed by atoms with Crippen molar-refractivity contribution in [3.05, 3.63) is 35.1 Å². The van der Waals surface area contributed by atoms with E-state index in [1.807, 2.05) is 12.3 Å². The first kappa shape index (κ1) is 21.0. The maximum absolute atomic E-state index is 14.4. The number of sulfonamides is 2. The minimum absolute atomic E-state index is 0.0272. The van der Waals surface area contributed by atoms with Crippen molar-refractivity contribution in [2.24, 2.45) is 0 Å². The normalized spacial score (nSPS) is 16.8. The Kier molecular flexibility index (Phi) is 5.94. The summed E-state index contributed by atoms with van der Waals surface area (Å²) in [5, 5.41) is 6.04. The van der Waals surface area contributed by atoms with Crippen molar-refractivity contribution < 1.29 is 21.2 Å². The molecule has 2 heterocycles. The summed E-state index contributed by atoms with van der Waals surface area (Å²) >= 11 is 1.50. The van der Waals surface area contributed by atoms with Crippen LogP contribution in [0.5, 0.6) is 0 Å². The van der Waals surface area contributed by atoms with Gasteiger partial charge < -0.3 is 5.32 Å². The Bertz CT molecular complexity index is 1060. The third-order valence-electron chi connectivity index (χ3n) is 4.25. The second kappa shape index (κ2) is 7.93. The number of anilines is 2. The Morgan fingerprint density at radius 1 is 1.21 bits per heavy atom. The highest BCUT2D eigenvalue weighted by molar-refractivity contribution is 7.92. The van der Waals surface area contributed by atoms with E-state index in [1.54, 1.807) is 0 Å². The van der Waals surface area contributed by atoms with E-state index in [4.69, 9.17) is 0 Å². The van der Waals surface area contributed by atoms with E-state index < -0.39 is 30.8 Å². The Hall–Kier alpha value is -1.76. The number of benzene rings is 1. The molecule has 8 nitrogen and oxygen atoms in total. The van der Waals surface area contributed by atoms with Gasteiger partial charge in [0.05, 0.1) is 17.6 Å². The molecule has 0 amide bonds. The molecule has 0 atom stereocenters. The molecular formula is C16H21FN4O4S3. The molecule has 2 N–H and O–H groups in total. The number of nitrogens with one attached hydrogen (secondary N) is 2. The SMILES string of the molecule is Cc1csc(NC2CCN(S(=O)(=O)c3ccc(NS(C)(=O)=O)cc3F)CC2)n1. The molecule has 1 aromatic heterocycles. The molecule has 0 saturated carbocycles. The second-order valence-electron chi connectivity index (χ2n) is 6.64. The third kappa shape index (κ3) is 4.99. The van der Waals surface area contributed by atoms with E-state index in [2.05, 4.69) is 15.0 Å². The van der Waals surface area contributed by atoms with Crippen LogP contribution in [-0.4, -0.2) is 51.5 Å². The van der Waals surface area contributed by atoms with Crippen molar-refractivity contribution in [3.8, 4) is 0 Å². The average Bonchev–Trinajstić information content (AvgIpc) is 2.98. The number of piperidine rings is 1. The van der Waals surface area contributed by atoms with Crippen LogP contribution >= 0.6 is 11.3 Å². The second-order valence-corrected chi connectivity index (χ2v) is 11.1. The van der Waals surface area contributed by atoms with E-state index in [0.29, 0.717) is 12.8 Å². The highest BCUT2D eigenvalue weighted by Crippen LogP contribution is 2.27. The monoisotopic (exact) mass is 448 g/mol. The van der Waals surface area contributed by atoms with E-state index in [0.717, 1.165) is 29.2 Å². The first-order chi connectivity index (χ1) is 13.0. The van der Waals surface area contributed by atoms with Gasteiger partial charge in [0, 0.05) is 24.5 Å². The molecule has 0 unspecified atom stereocenters. The highest BCUT2D eigenvalue weighted by atomic mass is 32.2. The van der Waals surface area contributed by atoms with Gasteiger partial charge in [-0.15, -0.1) is 11.3 Å². The van der Waals surface area contributed by atoms with Crippen molar-refractivity contribution in [1.29, 1.82) is 0 Å². The van der Waals surface area contributed by atoms with Crippen molar-refractivity contribution >= 4 is 42.2 Å². The van der Waals surface area contributed by atoms with Crippen LogP contribution in [0.3, 0.4) is 0 Å². The summed E-state index contributed by atoms with van der Waals surface area (Å²) in [4.78, 5) is 3.88. The Balaban J connectivity index is 1.68. The Morgan fingerprint density at radius 2 is 1.89 bits per heavy atom. The van der Waals surface area contributed by atoms with Gasteiger partial charge in [-0.1, -0.05) is 0 Å². The van der Waals surface area contributed by atoms with E-state index in [9.17, 15) is 21.2 Å². The number of nitrogens with zero attached hydrogens (tertiary/aromatic N) is 2. The van der Waals surface area contributed by atoms with Crippen LogP contribution in [0.15, 0.2) is 28.5 Å². The van der Waals surface area contributed by atoms with Gasteiger partial charge in [-0.2, -0.15) is 4.31 Å².